The number of nitrogens with zero attached hydrogens (tertiary/aromatic N) is 1. The summed E-state index contributed by atoms with van der Waals surface area (Å²) in [7, 11) is 0. The maximum absolute atomic E-state index is 4.95. The van der Waals surface area contributed by atoms with Crippen LogP contribution in [-0.4, -0.2) is 12.3 Å². The molecule has 0 bridgehead atoms. The van der Waals surface area contributed by atoms with Crippen LogP contribution < -0.4 is 0 Å². The van der Waals surface area contributed by atoms with Crippen LogP contribution in [0.2, 0.25) is 0 Å². The van der Waals surface area contributed by atoms with Crippen LogP contribution in [0.1, 0.15) is 17.5 Å². The molecule has 0 fully saturated rings. The zero-order valence-corrected chi connectivity index (χ0v) is 7.08. The van der Waals surface area contributed by atoms with Crippen molar-refractivity contribution in [2.45, 2.75) is 13.3 Å². The van der Waals surface area contributed by atoms with E-state index in [0.29, 0.717) is 0 Å². The van der Waals surface area contributed by atoms with Gasteiger partial charge in [-0.1, -0.05) is 29.4 Å². The van der Waals surface area contributed by atoms with Crippen molar-refractivity contribution in [1.82, 2.24) is 0 Å². The van der Waals surface area contributed by atoms with E-state index >= 15 is 0 Å². The van der Waals surface area contributed by atoms with Crippen LogP contribution in [0, 0.1) is 6.92 Å². The highest BCUT2D eigenvalue weighted by Crippen LogP contribution is 2.14. The van der Waals surface area contributed by atoms with Gasteiger partial charge in [0.1, 0.15) is 6.61 Å². The van der Waals surface area contributed by atoms with Gasteiger partial charge in [-0.25, -0.2) is 0 Å². The van der Waals surface area contributed by atoms with E-state index in [1.807, 2.05) is 12.1 Å². The van der Waals surface area contributed by atoms with Crippen LogP contribution in [0.15, 0.2) is 29.4 Å². The molecule has 0 amide bonds. The minimum Gasteiger partial charge on any atom is -0.395 e. The average Bonchev–Trinajstić information content (AvgIpc) is 2.57. The first kappa shape index (κ1) is 7.35. The zero-order chi connectivity index (χ0) is 8.39. The van der Waals surface area contributed by atoms with Crippen LogP contribution in [0.4, 0.5) is 0 Å². The molecule has 0 unspecified atom stereocenters. The van der Waals surface area contributed by atoms with Gasteiger partial charge < -0.3 is 4.84 Å². The third-order valence-corrected chi connectivity index (χ3v) is 2.06. The minimum atomic E-state index is 0.726. The predicted octanol–water partition coefficient (Wildman–Crippen LogP) is 2.12. The van der Waals surface area contributed by atoms with Gasteiger partial charge in [0.2, 0.25) is 0 Å². The molecule has 1 aromatic rings. The summed E-state index contributed by atoms with van der Waals surface area (Å²) in [6.07, 6.45) is 0.935. The van der Waals surface area contributed by atoms with E-state index in [-0.39, 0.29) is 0 Å². The molecule has 12 heavy (non-hydrogen) atoms. The summed E-state index contributed by atoms with van der Waals surface area (Å²) in [5.74, 6) is 0. The Kier molecular flexibility index (Phi) is 1.82. The Hall–Kier alpha value is -1.31. The van der Waals surface area contributed by atoms with Crippen LogP contribution in [0.25, 0.3) is 0 Å². The Morgan fingerprint density at radius 3 is 2.83 bits per heavy atom. The van der Waals surface area contributed by atoms with E-state index in [2.05, 4.69) is 24.2 Å². The smallest absolute Gasteiger partial charge is 0.122 e. The van der Waals surface area contributed by atoms with E-state index < -0.39 is 0 Å². The summed E-state index contributed by atoms with van der Waals surface area (Å²) in [5, 5.41) is 3.98. The SMILES string of the molecule is Cc1ccccc1C1=NOCC1. The van der Waals surface area contributed by atoms with Crippen LogP contribution in [0.5, 0.6) is 0 Å². The number of hydrogen-bond acceptors (Lipinski definition) is 2. The molecule has 0 N–H and O–H groups in total. The normalized spacial score (nSPS) is 15.6. The summed E-state index contributed by atoms with van der Waals surface area (Å²) in [5.41, 5.74) is 3.56. The number of rotatable bonds is 1. The van der Waals surface area contributed by atoms with Crippen molar-refractivity contribution in [3.05, 3.63) is 35.4 Å². The van der Waals surface area contributed by atoms with Gasteiger partial charge in [0.05, 0.1) is 5.71 Å². The lowest BCUT2D eigenvalue weighted by atomic mass is 10.0. The standard InChI is InChI=1S/C10H11NO/c1-8-4-2-3-5-9(8)10-6-7-12-11-10/h2-5H,6-7H2,1H3. The van der Waals surface area contributed by atoms with Gasteiger partial charge >= 0.3 is 0 Å². The molecule has 0 aliphatic carbocycles. The average molecular weight is 161 g/mol. The Bertz CT molecular complexity index is 317. The van der Waals surface area contributed by atoms with Crippen molar-refractivity contribution in [1.29, 1.82) is 0 Å². The molecule has 1 heterocycles. The molecule has 1 aliphatic heterocycles. The van der Waals surface area contributed by atoms with Crippen molar-refractivity contribution in [3.63, 3.8) is 0 Å². The first-order valence-electron chi connectivity index (χ1n) is 4.13. The maximum Gasteiger partial charge on any atom is 0.122 e. The summed E-state index contributed by atoms with van der Waals surface area (Å²) in [6.45, 7) is 2.82. The summed E-state index contributed by atoms with van der Waals surface area (Å²) >= 11 is 0. The number of benzene rings is 1. The topological polar surface area (TPSA) is 21.6 Å². The van der Waals surface area contributed by atoms with Crippen molar-refractivity contribution in [2.75, 3.05) is 6.61 Å². The molecule has 0 atom stereocenters. The predicted molar refractivity (Wildman–Crippen MR) is 48.3 cm³/mol. The van der Waals surface area contributed by atoms with Gasteiger partial charge in [0, 0.05) is 12.0 Å². The van der Waals surface area contributed by atoms with Gasteiger partial charge in [-0.2, -0.15) is 0 Å². The van der Waals surface area contributed by atoms with Gasteiger partial charge in [-0.3, -0.25) is 0 Å². The van der Waals surface area contributed by atoms with E-state index in [1.165, 1.54) is 11.1 Å². The molecule has 2 nitrogen and oxygen atoms in total. The lowest BCUT2D eigenvalue weighted by Crippen LogP contribution is -1.99. The fourth-order valence-electron chi connectivity index (χ4n) is 1.39. The Balaban J connectivity index is 2.39. The van der Waals surface area contributed by atoms with E-state index in [1.54, 1.807) is 0 Å². The molecule has 0 aromatic heterocycles. The molecule has 62 valence electrons. The molecule has 0 radical (unpaired) electrons. The van der Waals surface area contributed by atoms with E-state index in [4.69, 9.17) is 4.84 Å². The number of aryl methyl sites for hydroxylation is 1. The van der Waals surface area contributed by atoms with Gasteiger partial charge in [-0.05, 0) is 12.5 Å². The van der Waals surface area contributed by atoms with Crippen molar-refractivity contribution in [2.24, 2.45) is 5.16 Å². The molecular formula is C10H11NO. The molecule has 1 aliphatic rings. The zero-order valence-electron chi connectivity index (χ0n) is 7.08. The minimum absolute atomic E-state index is 0.726. The van der Waals surface area contributed by atoms with Crippen LogP contribution in [0.3, 0.4) is 0 Å². The highest BCUT2D eigenvalue weighted by molar-refractivity contribution is 6.02. The quantitative estimate of drug-likeness (QED) is 0.618. The Morgan fingerprint density at radius 1 is 1.33 bits per heavy atom. The first-order chi connectivity index (χ1) is 5.88. The highest BCUT2D eigenvalue weighted by Gasteiger charge is 2.11. The lowest BCUT2D eigenvalue weighted by Gasteiger charge is -2.01. The molecule has 2 heteroatoms. The molecular weight excluding hydrogens is 150 g/mol. The molecule has 2 rings (SSSR count). The molecule has 0 saturated heterocycles. The van der Waals surface area contributed by atoms with Crippen molar-refractivity contribution in [3.8, 4) is 0 Å². The highest BCUT2D eigenvalue weighted by atomic mass is 16.6. The second-order valence-electron chi connectivity index (χ2n) is 2.94. The monoisotopic (exact) mass is 161 g/mol. The fraction of sp³-hybridized carbons (Fsp3) is 0.300. The molecule has 1 aromatic carbocycles. The van der Waals surface area contributed by atoms with E-state index in [9.17, 15) is 0 Å². The van der Waals surface area contributed by atoms with Gasteiger partial charge in [0.25, 0.3) is 0 Å². The molecule has 0 spiro atoms. The fourth-order valence-corrected chi connectivity index (χ4v) is 1.39. The van der Waals surface area contributed by atoms with Crippen molar-refractivity contribution >= 4 is 5.71 Å². The number of oxime groups is 1. The maximum atomic E-state index is 4.95. The van der Waals surface area contributed by atoms with Crippen molar-refractivity contribution < 1.29 is 4.84 Å². The number of hydrogen-bond donors (Lipinski definition) is 0. The Labute approximate surface area is 71.8 Å². The van der Waals surface area contributed by atoms with E-state index in [0.717, 1.165) is 18.7 Å². The Morgan fingerprint density at radius 2 is 2.17 bits per heavy atom. The van der Waals surface area contributed by atoms with Crippen LogP contribution >= 0.6 is 0 Å². The lowest BCUT2D eigenvalue weighted by molar-refractivity contribution is 0.174. The summed E-state index contributed by atoms with van der Waals surface area (Å²) in [6, 6.07) is 8.25. The van der Waals surface area contributed by atoms with Gasteiger partial charge in [0.15, 0.2) is 0 Å². The largest absolute Gasteiger partial charge is 0.395 e. The first-order valence-corrected chi connectivity index (χ1v) is 4.13. The second-order valence-corrected chi connectivity index (χ2v) is 2.94. The van der Waals surface area contributed by atoms with Crippen LogP contribution in [-0.2, 0) is 4.84 Å². The summed E-state index contributed by atoms with van der Waals surface area (Å²) < 4.78 is 0. The molecule has 0 saturated carbocycles. The third-order valence-electron chi connectivity index (χ3n) is 2.06. The third kappa shape index (κ3) is 1.20. The van der Waals surface area contributed by atoms with Gasteiger partial charge in [-0.15, -0.1) is 0 Å². The summed E-state index contributed by atoms with van der Waals surface area (Å²) in [4.78, 5) is 4.95. The second kappa shape index (κ2) is 2.97.